The van der Waals surface area contributed by atoms with Gasteiger partial charge in [0.25, 0.3) is 0 Å². The molecule has 6 nitrogen and oxygen atoms in total. The molecule has 1 aliphatic heterocycles. The maximum absolute atomic E-state index is 13.3. The van der Waals surface area contributed by atoms with E-state index in [0.717, 1.165) is 25.0 Å². The van der Waals surface area contributed by atoms with E-state index in [0.29, 0.717) is 23.1 Å². The molecule has 2 heterocycles. The SMILES string of the molecule is O=C(/C=C\c1cccc(F)c1)NCc1nnc(SC[C@H]2CCCO2)n1-c1cccc(C(F)(F)F)c1. The molecule has 0 bridgehead atoms. The summed E-state index contributed by atoms with van der Waals surface area (Å²) in [5, 5.41) is 11.3. The highest BCUT2D eigenvalue weighted by Crippen LogP contribution is 2.32. The Kier molecular flexibility index (Phi) is 7.86. The van der Waals surface area contributed by atoms with E-state index >= 15 is 0 Å². The summed E-state index contributed by atoms with van der Waals surface area (Å²) in [6.07, 6.45) is 0.108. The van der Waals surface area contributed by atoms with Crippen LogP contribution in [0.25, 0.3) is 11.8 Å². The van der Waals surface area contributed by atoms with Crippen LogP contribution in [-0.4, -0.2) is 39.1 Å². The van der Waals surface area contributed by atoms with Gasteiger partial charge in [-0.05, 0) is 54.8 Å². The molecule has 3 aromatic rings. The molecule has 0 unspecified atom stereocenters. The molecule has 35 heavy (non-hydrogen) atoms. The molecule has 1 aromatic heterocycles. The fourth-order valence-corrected chi connectivity index (χ4v) is 4.58. The number of hydrogen-bond acceptors (Lipinski definition) is 5. The van der Waals surface area contributed by atoms with Gasteiger partial charge < -0.3 is 10.1 Å². The molecule has 184 valence electrons. The second-order valence-electron chi connectivity index (χ2n) is 7.83. The van der Waals surface area contributed by atoms with Gasteiger partial charge in [0, 0.05) is 18.4 Å². The first kappa shape index (κ1) is 24.9. The predicted molar refractivity (Wildman–Crippen MR) is 123 cm³/mol. The van der Waals surface area contributed by atoms with Crippen LogP contribution in [0.1, 0.15) is 29.8 Å². The molecule has 4 rings (SSSR count). The molecule has 1 atom stereocenters. The number of carbonyl (C=O) groups is 1. The van der Waals surface area contributed by atoms with Crippen LogP contribution in [-0.2, 0) is 22.3 Å². The molecular formula is C24H22F4N4O2S. The molecule has 0 aliphatic carbocycles. The Morgan fingerprint density at radius 2 is 2.03 bits per heavy atom. The standard InChI is InChI=1S/C24H22F4N4O2S/c25-18-6-1-4-16(12-18)9-10-22(33)29-14-21-30-31-23(35-15-20-8-3-11-34-20)32(21)19-7-2-5-17(13-19)24(26,27)28/h1-2,4-7,9-10,12-13,20H,3,8,11,14-15H2,(H,29,33)/b10-9-/t20-/m1/s1. The van der Waals surface area contributed by atoms with Crippen molar-refractivity contribution >= 4 is 23.7 Å². The zero-order valence-corrected chi connectivity index (χ0v) is 19.3. The van der Waals surface area contributed by atoms with Crippen LogP contribution in [0.4, 0.5) is 17.6 Å². The first-order chi connectivity index (χ1) is 16.8. The van der Waals surface area contributed by atoms with E-state index in [1.807, 2.05) is 0 Å². The third-order valence-electron chi connectivity index (χ3n) is 5.25. The van der Waals surface area contributed by atoms with Crippen LogP contribution in [0.15, 0.2) is 59.8 Å². The van der Waals surface area contributed by atoms with Gasteiger partial charge in [-0.3, -0.25) is 9.36 Å². The lowest BCUT2D eigenvalue weighted by molar-refractivity contribution is -0.137. The van der Waals surface area contributed by atoms with Crippen molar-refractivity contribution in [3.8, 4) is 5.69 Å². The Bertz CT molecular complexity index is 1210. The summed E-state index contributed by atoms with van der Waals surface area (Å²) in [5.74, 6) is -0.0392. The lowest BCUT2D eigenvalue weighted by Gasteiger charge is -2.14. The first-order valence-electron chi connectivity index (χ1n) is 10.9. The van der Waals surface area contributed by atoms with E-state index in [2.05, 4.69) is 15.5 Å². The fraction of sp³-hybridized carbons (Fsp3) is 0.292. The Balaban J connectivity index is 1.53. The normalized spacial score (nSPS) is 16.2. The van der Waals surface area contributed by atoms with Crippen LogP contribution < -0.4 is 5.32 Å². The number of carbonyl (C=O) groups excluding carboxylic acids is 1. The zero-order chi connectivity index (χ0) is 24.8. The van der Waals surface area contributed by atoms with E-state index in [9.17, 15) is 22.4 Å². The van der Waals surface area contributed by atoms with E-state index in [4.69, 9.17) is 4.74 Å². The van der Waals surface area contributed by atoms with Gasteiger partial charge in [-0.2, -0.15) is 13.2 Å². The summed E-state index contributed by atoms with van der Waals surface area (Å²) < 4.78 is 60.4. The number of ether oxygens (including phenoxy) is 1. The Morgan fingerprint density at radius 1 is 1.20 bits per heavy atom. The second kappa shape index (κ2) is 11.0. The number of aromatic nitrogens is 3. The highest BCUT2D eigenvalue weighted by atomic mass is 32.2. The summed E-state index contributed by atoms with van der Waals surface area (Å²) in [7, 11) is 0. The molecule has 1 amide bonds. The Hall–Kier alpha value is -3.18. The van der Waals surface area contributed by atoms with E-state index in [-0.39, 0.29) is 24.2 Å². The van der Waals surface area contributed by atoms with Crippen LogP contribution in [0, 0.1) is 5.82 Å². The van der Waals surface area contributed by atoms with E-state index in [1.54, 1.807) is 6.07 Å². The minimum atomic E-state index is -4.51. The van der Waals surface area contributed by atoms with Crippen molar-refractivity contribution in [2.24, 2.45) is 0 Å². The van der Waals surface area contributed by atoms with Crippen molar-refractivity contribution in [3.63, 3.8) is 0 Å². The van der Waals surface area contributed by atoms with Crippen molar-refractivity contribution in [3.05, 3.63) is 77.4 Å². The highest BCUT2D eigenvalue weighted by molar-refractivity contribution is 7.99. The quantitative estimate of drug-likeness (QED) is 0.264. The van der Waals surface area contributed by atoms with E-state index in [1.165, 1.54) is 58.8 Å². The van der Waals surface area contributed by atoms with Crippen LogP contribution in [0.3, 0.4) is 0 Å². The van der Waals surface area contributed by atoms with Gasteiger partial charge in [-0.1, -0.05) is 30.0 Å². The van der Waals surface area contributed by atoms with Crippen molar-refractivity contribution in [1.29, 1.82) is 0 Å². The van der Waals surface area contributed by atoms with Crippen molar-refractivity contribution in [2.45, 2.75) is 36.8 Å². The number of benzene rings is 2. The summed E-state index contributed by atoms with van der Waals surface area (Å²) >= 11 is 1.34. The molecule has 1 saturated heterocycles. The average Bonchev–Trinajstić information content (AvgIpc) is 3.49. The highest BCUT2D eigenvalue weighted by Gasteiger charge is 2.31. The number of nitrogens with zero attached hydrogens (tertiary/aromatic N) is 3. The topological polar surface area (TPSA) is 69.0 Å². The van der Waals surface area contributed by atoms with Crippen molar-refractivity contribution < 1.29 is 27.1 Å². The maximum Gasteiger partial charge on any atom is 0.416 e. The van der Waals surface area contributed by atoms with Gasteiger partial charge in [0.15, 0.2) is 11.0 Å². The zero-order valence-electron chi connectivity index (χ0n) is 18.5. The summed E-state index contributed by atoms with van der Waals surface area (Å²) in [5.41, 5.74) is -0.0499. The molecule has 0 radical (unpaired) electrons. The van der Waals surface area contributed by atoms with E-state index < -0.39 is 23.5 Å². The number of rotatable bonds is 8. The largest absolute Gasteiger partial charge is 0.416 e. The monoisotopic (exact) mass is 506 g/mol. The number of halogens is 4. The minimum Gasteiger partial charge on any atom is -0.377 e. The van der Waals surface area contributed by atoms with Crippen LogP contribution in [0.5, 0.6) is 0 Å². The summed E-state index contributed by atoms with van der Waals surface area (Å²) in [6, 6.07) is 10.6. The fourth-order valence-electron chi connectivity index (χ4n) is 3.54. The lowest BCUT2D eigenvalue weighted by Crippen LogP contribution is -2.22. The van der Waals surface area contributed by atoms with Gasteiger partial charge >= 0.3 is 6.18 Å². The lowest BCUT2D eigenvalue weighted by atomic mass is 10.2. The third kappa shape index (κ3) is 6.70. The molecule has 0 saturated carbocycles. The number of alkyl halides is 3. The van der Waals surface area contributed by atoms with Crippen LogP contribution in [0.2, 0.25) is 0 Å². The maximum atomic E-state index is 13.3. The number of nitrogens with one attached hydrogen (secondary N) is 1. The third-order valence-corrected chi connectivity index (χ3v) is 6.31. The molecule has 0 spiro atoms. The molecule has 1 N–H and O–H groups in total. The number of hydrogen-bond donors (Lipinski definition) is 1. The van der Waals surface area contributed by atoms with Gasteiger partial charge in [-0.15, -0.1) is 10.2 Å². The number of amides is 1. The molecule has 11 heteroatoms. The Morgan fingerprint density at radius 3 is 2.77 bits per heavy atom. The second-order valence-corrected chi connectivity index (χ2v) is 8.82. The van der Waals surface area contributed by atoms with Gasteiger partial charge in [0.05, 0.1) is 23.9 Å². The first-order valence-corrected chi connectivity index (χ1v) is 11.9. The summed E-state index contributed by atoms with van der Waals surface area (Å²) in [4.78, 5) is 12.3. The molecule has 1 fully saturated rings. The summed E-state index contributed by atoms with van der Waals surface area (Å²) in [6.45, 7) is 0.613. The Labute approximate surface area is 203 Å². The molecular weight excluding hydrogens is 484 g/mol. The minimum absolute atomic E-state index is 0.0442. The van der Waals surface area contributed by atoms with Crippen molar-refractivity contribution in [2.75, 3.05) is 12.4 Å². The molecule has 2 aromatic carbocycles. The smallest absolute Gasteiger partial charge is 0.377 e. The van der Waals surface area contributed by atoms with Gasteiger partial charge in [-0.25, -0.2) is 4.39 Å². The number of thioether (sulfide) groups is 1. The predicted octanol–water partition coefficient (Wildman–Crippen LogP) is 5.03. The molecule has 1 aliphatic rings. The van der Waals surface area contributed by atoms with Crippen LogP contribution >= 0.6 is 11.8 Å². The van der Waals surface area contributed by atoms with Gasteiger partial charge in [0.1, 0.15) is 5.82 Å². The van der Waals surface area contributed by atoms with Gasteiger partial charge in [0.2, 0.25) is 5.91 Å². The average molecular weight is 507 g/mol. The van der Waals surface area contributed by atoms with Crippen molar-refractivity contribution in [1.82, 2.24) is 20.1 Å².